The van der Waals surface area contributed by atoms with Crippen LogP contribution in [0.3, 0.4) is 0 Å². The number of carboxylic acid groups (broad SMARTS) is 1. The molecule has 0 aromatic heterocycles. The first kappa shape index (κ1) is 23.4. The molecule has 2 fully saturated rings. The number of hydrogen-bond donors (Lipinski definition) is 2. The molecule has 2 atom stereocenters. The van der Waals surface area contributed by atoms with Crippen molar-refractivity contribution in [2.24, 2.45) is 11.3 Å². The summed E-state index contributed by atoms with van der Waals surface area (Å²) in [6.45, 7) is 3.38. The van der Waals surface area contributed by atoms with E-state index in [1.165, 1.54) is 22.3 Å². The van der Waals surface area contributed by atoms with E-state index in [2.05, 4.69) is 29.6 Å². The zero-order valence-electron chi connectivity index (χ0n) is 20.0. The van der Waals surface area contributed by atoms with Crippen LogP contribution < -0.4 is 5.32 Å². The van der Waals surface area contributed by atoms with Crippen molar-refractivity contribution >= 4 is 18.0 Å². The maximum absolute atomic E-state index is 12.6. The summed E-state index contributed by atoms with van der Waals surface area (Å²) in [5.74, 6) is -0.868. The molecule has 0 bridgehead atoms. The highest BCUT2D eigenvalue weighted by Gasteiger charge is 2.59. The quantitative estimate of drug-likeness (QED) is 0.617. The number of benzene rings is 2. The van der Waals surface area contributed by atoms with Crippen LogP contribution in [0.15, 0.2) is 48.5 Å². The van der Waals surface area contributed by atoms with Gasteiger partial charge in [0, 0.05) is 31.5 Å². The summed E-state index contributed by atoms with van der Waals surface area (Å²) in [6.07, 6.45) is 2.68. The fourth-order valence-corrected chi connectivity index (χ4v) is 5.86. The van der Waals surface area contributed by atoms with Crippen LogP contribution in [0.25, 0.3) is 11.1 Å². The number of likely N-dealkylation sites (tertiary alicyclic amines) is 1. The lowest BCUT2D eigenvalue weighted by molar-refractivity contribution is -0.139. The number of nitrogens with one attached hydrogen (secondary N) is 1. The third kappa shape index (κ3) is 4.64. The molecule has 5 rings (SSSR count). The lowest BCUT2D eigenvalue weighted by Crippen LogP contribution is -2.41. The number of ether oxygens (including phenoxy) is 1. The molecule has 1 heterocycles. The number of rotatable bonds is 7. The van der Waals surface area contributed by atoms with Crippen LogP contribution in [0.1, 0.15) is 56.1 Å². The Hall–Kier alpha value is -3.35. The maximum atomic E-state index is 12.6. The van der Waals surface area contributed by atoms with Gasteiger partial charge in [0.1, 0.15) is 6.61 Å². The fourth-order valence-electron chi connectivity index (χ4n) is 5.86. The minimum absolute atomic E-state index is 0.0135. The number of piperidine rings is 1. The second kappa shape index (κ2) is 9.36. The van der Waals surface area contributed by atoms with E-state index in [1.807, 2.05) is 36.1 Å². The Morgan fingerprint density at radius 2 is 1.66 bits per heavy atom. The summed E-state index contributed by atoms with van der Waals surface area (Å²) < 4.78 is 5.60. The molecule has 35 heavy (non-hydrogen) atoms. The minimum Gasteiger partial charge on any atom is -0.481 e. The molecule has 1 saturated heterocycles. The second-order valence-electron chi connectivity index (χ2n) is 10.2. The summed E-state index contributed by atoms with van der Waals surface area (Å²) in [5, 5.41) is 12.1. The van der Waals surface area contributed by atoms with Crippen LogP contribution >= 0.6 is 0 Å². The molecule has 2 amide bonds. The summed E-state index contributed by atoms with van der Waals surface area (Å²) in [7, 11) is 0. The summed E-state index contributed by atoms with van der Waals surface area (Å²) in [4.78, 5) is 38.2. The van der Waals surface area contributed by atoms with Crippen LogP contribution in [0.2, 0.25) is 0 Å². The summed E-state index contributed by atoms with van der Waals surface area (Å²) >= 11 is 0. The first-order chi connectivity index (χ1) is 16.9. The molecular weight excluding hydrogens is 444 g/mol. The van der Waals surface area contributed by atoms with E-state index in [0.29, 0.717) is 25.9 Å². The van der Waals surface area contributed by atoms with Gasteiger partial charge >= 0.3 is 12.1 Å². The van der Waals surface area contributed by atoms with Crippen molar-refractivity contribution in [3.8, 4) is 11.1 Å². The number of alkyl carbamates (subject to hydrolysis) is 1. The lowest BCUT2D eigenvalue weighted by Gasteiger charge is -2.33. The molecule has 2 unspecified atom stereocenters. The van der Waals surface area contributed by atoms with Gasteiger partial charge in [-0.3, -0.25) is 9.59 Å². The minimum atomic E-state index is -0.710. The van der Waals surface area contributed by atoms with Gasteiger partial charge in [-0.25, -0.2) is 4.79 Å². The van der Waals surface area contributed by atoms with E-state index in [4.69, 9.17) is 4.74 Å². The molecule has 2 aliphatic carbocycles. The predicted octanol–water partition coefficient (Wildman–Crippen LogP) is 4.41. The SMILES string of the molecule is CC(CCC(=O)N1CCC2(CC1)CC2C(=O)O)NC(=O)OCC1c2ccccc2-c2ccccc21. The Balaban J connectivity index is 1.06. The highest BCUT2D eigenvalue weighted by atomic mass is 16.5. The van der Waals surface area contributed by atoms with Gasteiger partial charge in [-0.15, -0.1) is 0 Å². The Labute approximate surface area is 205 Å². The van der Waals surface area contributed by atoms with E-state index in [9.17, 15) is 19.5 Å². The van der Waals surface area contributed by atoms with Crippen molar-refractivity contribution in [2.45, 2.75) is 51.0 Å². The van der Waals surface area contributed by atoms with E-state index < -0.39 is 12.1 Å². The van der Waals surface area contributed by atoms with Crippen molar-refractivity contribution in [1.82, 2.24) is 10.2 Å². The Morgan fingerprint density at radius 1 is 1.06 bits per heavy atom. The summed E-state index contributed by atoms with van der Waals surface area (Å²) in [6, 6.07) is 16.2. The molecule has 2 aromatic carbocycles. The number of carbonyl (C=O) groups is 3. The second-order valence-corrected chi connectivity index (χ2v) is 10.2. The van der Waals surface area contributed by atoms with Crippen LogP contribution in [0.4, 0.5) is 4.79 Å². The van der Waals surface area contributed by atoms with Gasteiger partial charge in [0.05, 0.1) is 5.92 Å². The molecule has 184 valence electrons. The molecule has 7 heteroatoms. The molecule has 0 radical (unpaired) electrons. The van der Waals surface area contributed by atoms with Crippen molar-refractivity contribution in [1.29, 1.82) is 0 Å². The van der Waals surface area contributed by atoms with Gasteiger partial charge in [-0.2, -0.15) is 0 Å². The molecule has 1 saturated carbocycles. The van der Waals surface area contributed by atoms with Crippen LogP contribution in [-0.2, 0) is 14.3 Å². The maximum Gasteiger partial charge on any atom is 0.407 e. The number of carboxylic acids is 1. The van der Waals surface area contributed by atoms with Crippen molar-refractivity contribution in [2.75, 3.05) is 19.7 Å². The topological polar surface area (TPSA) is 95.9 Å². The first-order valence-electron chi connectivity index (χ1n) is 12.5. The van der Waals surface area contributed by atoms with Crippen LogP contribution in [-0.4, -0.2) is 53.7 Å². The normalized spacial score (nSPS) is 20.6. The van der Waals surface area contributed by atoms with Gasteiger partial charge in [-0.05, 0) is 60.3 Å². The predicted molar refractivity (Wildman–Crippen MR) is 131 cm³/mol. The average Bonchev–Trinajstić information content (AvgIpc) is 3.47. The Kier molecular flexibility index (Phi) is 6.26. The molecule has 2 aromatic rings. The Bertz CT molecular complexity index is 1090. The van der Waals surface area contributed by atoms with Crippen molar-refractivity contribution in [3.63, 3.8) is 0 Å². The van der Waals surface area contributed by atoms with E-state index in [1.54, 1.807) is 0 Å². The highest BCUT2D eigenvalue weighted by Crippen LogP contribution is 2.59. The third-order valence-electron chi connectivity index (χ3n) is 8.10. The molecular formula is C28H32N2O5. The zero-order chi connectivity index (χ0) is 24.6. The van der Waals surface area contributed by atoms with E-state index >= 15 is 0 Å². The Morgan fingerprint density at radius 3 is 2.23 bits per heavy atom. The first-order valence-corrected chi connectivity index (χ1v) is 12.5. The number of hydrogen-bond acceptors (Lipinski definition) is 4. The monoisotopic (exact) mass is 476 g/mol. The highest BCUT2D eigenvalue weighted by molar-refractivity contribution is 5.79. The standard InChI is InChI=1S/C28H32N2O5/c1-18(10-11-25(31)30-14-12-28(13-15-30)16-24(28)26(32)33)29-27(34)35-17-23-21-8-4-2-6-19(21)20-7-3-5-9-22(20)23/h2-9,18,23-24H,10-17H2,1H3,(H,29,34)(H,32,33). The van der Waals surface area contributed by atoms with Crippen LogP contribution in [0.5, 0.6) is 0 Å². The number of amides is 2. The van der Waals surface area contributed by atoms with Crippen molar-refractivity contribution < 1.29 is 24.2 Å². The van der Waals surface area contributed by atoms with Gasteiger partial charge in [0.2, 0.25) is 5.91 Å². The van der Waals surface area contributed by atoms with E-state index in [0.717, 1.165) is 19.3 Å². The molecule has 1 aliphatic heterocycles. The van der Waals surface area contributed by atoms with Gasteiger partial charge in [0.25, 0.3) is 0 Å². The number of nitrogens with zero attached hydrogens (tertiary/aromatic N) is 1. The number of aliphatic carboxylic acids is 1. The lowest BCUT2D eigenvalue weighted by atomic mass is 9.90. The molecule has 3 aliphatic rings. The van der Waals surface area contributed by atoms with Gasteiger partial charge in [-0.1, -0.05) is 48.5 Å². The van der Waals surface area contributed by atoms with Gasteiger partial charge in [0.15, 0.2) is 0 Å². The van der Waals surface area contributed by atoms with Crippen LogP contribution in [0, 0.1) is 11.3 Å². The number of carbonyl (C=O) groups excluding carboxylic acids is 2. The zero-order valence-corrected chi connectivity index (χ0v) is 20.0. The third-order valence-corrected chi connectivity index (χ3v) is 8.10. The van der Waals surface area contributed by atoms with E-state index in [-0.39, 0.29) is 35.8 Å². The van der Waals surface area contributed by atoms with Crippen molar-refractivity contribution in [3.05, 3.63) is 59.7 Å². The molecule has 7 nitrogen and oxygen atoms in total. The molecule has 1 spiro atoms. The largest absolute Gasteiger partial charge is 0.481 e. The smallest absolute Gasteiger partial charge is 0.407 e. The average molecular weight is 477 g/mol. The number of fused-ring (bicyclic) bond motifs is 3. The summed E-state index contributed by atoms with van der Waals surface area (Å²) in [5.41, 5.74) is 4.64. The van der Waals surface area contributed by atoms with Gasteiger partial charge < -0.3 is 20.1 Å². The fraction of sp³-hybridized carbons (Fsp3) is 0.464. The molecule has 2 N–H and O–H groups in total.